The molecule has 11 heteroatoms. The van der Waals surface area contributed by atoms with Crippen LogP contribution in [0.3, 0.4) is 0 Å². The van der Waals surface area contributed by atoms with Crippen LogP contribution in [0, 0.1) is 0 Å². The molecule has 0 spiro atoms. The van der Waals surface area contributed by atoms with Gasteiger partial charge in [0.1, 0.15) is 0 Å². The normalized spacial score (nSPS) is 12.4. The van der Waals surface area contributed by atoms with Gasteiger partial charge < -0.3 is 14.8 Å². The van der Waals surface area contributed by atoms with Crippen LogP contribution in [0.25, 0.3) is 0 Å². The van der Waals surface area contributed by atoms with E-state index < -0.39 is 16.1 Å². The summed E-state index contributed by atoms with van der Waals surface area (Å²) in [6.45, 7) is 7.69. The Labute approximate surface area is 162 Å². The summed E-state index contributed by atoms with van der Waals surface area (Å²) in [4.78, 5) is 11.0. The first-order valence-corrected chi connectivity index (χ1v) is 10.6. The number of hydrogen-bond donors (Lipinski definition) is 2. The molecule has 9 nitrogen and oxygen atoms in total. The fraction of sp³-hybridized carbons (Fsp3) is 0.438. The molecule has 0 bridgehead atoms. The van der Waals surface area contributed by atoms with Crippen molar-refractivity contribution in [2.24, 2.45) is 0 Å². The number of ether oxygens (including phenoxy) is 2. The number of rotatable bonds is 9. The number of anilines is 1. The third-order valence-corrected chi connectivity index (χ3v) is 6.07. The van der Waals surface area contributed by atoms with Crippen LogP contribution in [0.1, 0.15) is 39.3 Å². The van der Waals surface area contributed by atoms with Crippen molar-refractivity contribution in [3.8, 4) is 11.5 Å². The largest absolute Gasteiger partial charge is 0.490 e. The highest BCUT2D eigenvalue weighted by molar-refractivity contribution is 7.91. The van der Waals surface area contributed by atoms with Gasteiger partial charge >= 0.3 is 0 Å². The number of benzene rings is 1. The molecule has 2 N–H and O–H groups in total. The van der Waals surface area contributed by atoms with E-state index in [9.17, 15) is 13.2 Å². The van der Waals surface area contributed by atoms with Crippen molar-refractivity contribution in [2.45, 2.75) is 38.1 Å². The van der Waals surface area contributed by atoms with E-state index in [0.717, 1.165) is 11.3 Å². The molecule has 148 valence electrons. The third-order valence-electron chi connectivity index (χ3n) is 3.32. The number of hydrogen-bond acceptors (Lipinski definition) is 8. The summed E-state index contributed by atoms with van der Waals surface area (Å²) in [6, 6.07) is 4.71. The van der Waals surface area contributed by atoms with Crippen LogP contribution in [0.5, 0.6) is 11.5 Å². The SMILES string of the molecule is CCOc1ccc([C@@H](C)NS(=O)(=O)c2nnc(NC(C)=O)s2)cc1OCC. The first kappa shape index (κ1) is 21.1. The zero-order chi connectivity index (χ0) is 20.0. The molecular formula is C16H22N4O5S2. The van der Waals surface area contributed by atoms with Gasteiger partial charge in [-0.2, -0.15) is 0 Å². The fourth-order valence-electron chi connectivity index (χ4n) is 2.21. The van der Waals surface area contributed by atoms with Gasteiger partial charge in [-0.05, 0) is 38.5 Å². The standard InChI is InChI=1S/C16H22N4O5S2/c1-5-24-13-8-7-12(9-14(13)25-6-2)10(3)20-27(22,23)16-19-18-15(26-16)17-11(4)21/h7-10,20H,5-6H2,1-4H3,(H,17,18,21)/t10-/m1/s1. The summed E-state index contributed by atoms with van der Waals surface area (Å²) < 4.78 is 38.5. The average molecular weight is 415 g/mol. The molecule has 1 aromatic heterocycles. The first-order valence-electron chi connectivity index (χ1n) is 8.29. The lowest BCUT2D eigenvalue weighted by molar-refractivity contribution is -0.114. The quantitative estimate of drug-likeness (QED) is 0.604. The highest BCUT2D eigenvalue weighted by Gasteiger charge is 2.24. The highest BCUT2D eigenvalue weighted by Crippen LogP contribution is 2.31. The second kappa shape index (κ2) is 9.11. The average Bonchev–Trinajstić information content (AvgIpc) is 3.05. The van der Waals surface area contributed by atoms with Gasteiger partial charge in [-0.3, -0.25) is 4.79 Å². The molecule has 27 heavy (non-hydrogen) atoms. The Bertz CT molecular complexity index is 898. The predicted octanol–water partition coefficient (Wildman–Crippen LogP) is 2.33. The zero-order valence-corrected chi connectivity index (χ0v) is 17.1. The molecule has 2 rings (SSSR count). The number of nitrogens with zero attached hydrogens (tertiary/aromatic N) is 2. The number of sulfonamides is 1. The number of aromatic nitrogens is 2. The summed E-state index contributed by atoms with van der Waals surface area (Å²) in [5.41, 5.74) is 0.706. The van der Waals surface area contributed by atoms with Crippen LogP contribution in [0.15, 0.2) is 22.5 Å². The highest BCUT2D eigenvalue weighted by atomic mass is 32.2. The fourth-order valence-corrected chi connectivity index (χ4v) is 4.40. The lowest BCUT2D eigenvalue weighted by atomic mass is 10.1. The summed E-state index contributed by atoms with van der Waals surface area (Å²) in [5.74, 6) is 0.795. The maximum absolute atomic E-state index is 12.5. The van der Waals surface area contributed by atoms with Crippen molar-refractivity contribution < 1.29 is 22.7 Å². The van der Waals surface area contributed by atoms with Crippen LogP contribution in [-0.2, 0) is 14.8 Å². The van der Waals surface area contributed by atoms with E-state index in [4.69, 9.17) is 9.47 Å². The summed E-state index contributed by atoms with van der Waals surface area (Å²) in [7, 11) is -3.90. The summed E-state index contributed by atoms with van der Waals surface area (Å²) >= 11 is 0.776. The van der Waals surface area contributed by atoms with Gasteiger partial charge in [-0.1, -0.05) is 17.4 Å². The Kier molecular flexibility index (Phi) is 7.11. The Morgan fingerprint density at radius 1 is 1.19 bits per heavy atom. The lowest BCUT2D eigenvalue weighted by Crippen LogP contribution is -2.26. The van der Waals surface area contributed by atoms with E-state index in [1.807, 2.05) is 13.8 Å². The second-order valence-electron chi connectivity index (χ2n) is 5.47. The molecule has 0 saturated heterocycles. The van der Waals surface area contributed by atoms with Gasteiger partial charge in [0.05, 0.1) is 13.2 Å². The third kappa shape index (κ3) is 5.62. The van der Waals surface area contributed by atoms with Crippen molar-refractivity contribution >= 4 is 32.4 Å². The maximum Gasteiger partial charge on any atom is 0.270 e. The molecule has 0 fully saturated rings. The summed E-state index contributed by atoms with van der Waals surface area (Å²) in [6.07, 6.45) is 0. The van der Waals surface area contributed by atoms with Crippen molar-refractivity contribution in [1.82, 2.24) is 14.9 Å². The lowest BCUT2D eigenvalue weighted by Gasteiger charge is -2.16. The molecule has 0 aliphatic rings. The number of carbonyl (C=O) groups is 1. The van der Waals surface area contributed by atoms with E-state index in [-0.39, 0.29) is 15.4 Å². The molecule has 1 amide bonds. The van der Waals surface area contributed by atoms with E-state index in [1.54, 1.807) is 25.1 Å². The van der Waals surface area contributed by atoms with Crippen molar-refractivity contribution in [3.63, 3.8) is 0 Å². The Balaban J connectivity index is 2.19. The minimum atomic E-state index is -3.90. The van der Waals surface area contributed by atoms with Gasteiger partial charge in [0.25, 0.3) is 10.0 Å². The minimum Gasteiger partial charge on any atom is -0.490 e. The van der Waals surface area contributed by atoms with Gasteiger partial charge in [0, 0.05) is 13.0 Å². The molecule has 0 radical (unpaired) electrons. The number of carbonyl (C=O) groups excluding carboxylic acids is 1. The van der Waals surface area contributed by atoms with Crippen LogP contribution >= 0.6 is 11.3 Å². The monoisotopic (exact) mass is 414 g/mol. The molecule has 0 aliphatic carbocycles. The van der Waals surface area contributed by atoms with Crippen LogP contribution in [-0.4, -0.2) is 37.7 Å². The van der Waals surface area contributed by atoms with Crippen molar-refractivity contribution in [3.05, 3.63) is 23.8 Å². The molecule has 1 heterocycles. The Hall–Kier alpha value is -2.24. The van der Waals surface area contributed by atoms with Gasteiger partial charge in [0.2, 0.25) is 15.4 Å². The van der Waals surface area contributed by atoms with E-state index in [1.165, 1.54) is 6.92 Å². The predicted molar refractivity (Wildman–Crippen MR) is 102 cm³/mol. The van der Waals surface area contributed by atoms with E-state index >= 15 is 0 Å². The second-order valence-corrected chi connectivity index (χ2v) is 8.33. The van der Waals surface area contributed by atoms with E-state index in [0.29, 0.717) is 30.3 Å². The molecule has 0 saturated carbocycles. The van der Waals surface area contributed by atoms with Gasteiger partial charge in [-0.25, -0.2) is 13.1 Å². The number of nitrogens with one attached hydrogen (secondary N) is 2. The maximum atomic E-state index is 12.5. The molecule has 1 atom stereocenters. The smallest absolute Gasteiger partial charge is 0.270 e. The minimum absolute atomic E-state index is 0.121. The number of amides is 1. The van der Waals surface area contributed by atoms with Gasteiger partial charge in [-0.15, -0.1) is 10.2 Å². The topological polar surface area (TPSA) is 120 Å². The van der Waals surface area contributed by atoms with E-state index in [2.05, 4.69) is 20.2 Å². The zero-order valence-electron chi connectivity index (χ0n) is 15.5. The molecule has 2 aromatic rings. The Morgan fingerprint density at radius 3 is 2.48 bits per heavy atom. The summed E-state index contributed by atoms with van der Waals surface area (Å²) in [5, 5.41) is 9.81. The molecule has 0 unspecified atom stereocenters. The Morgan fingerprint density at radius 2 is 1.85 bits per heavy atom. The molecular weight excluding hydrogens is 392 g/mol. The molecule has 0 aliphatic heterocycles. The van der Waals surface area contributed by atoms with Crippen LogP contribution < -0.4 is 19.5 Å². The van der Waals surface area contributed by atoms with Crippen LogP contribution in [0.4, 0.5) is 5.13 Å². The van der Waals surface area contributed by atoms with Crippen LogP contribution in [0.2, 0.25) is 0 Å². The first-order chi connectivity index (χ1) is 12.8. The van der Waals surface area contributed by atoms with Gasteiger partial charge in [0.15, 0.2) is 11.5 Å². The van der Waals surface area contributed by atoms with Crippen molar-refractivity contribution in [2.75, 3.05) is 18.5 Å². The molecule has 1 aromatic carbocycles. The van der Waals surface area contributed by atoms with Crippen molar-refractivity contribution in [1.29, 1.82) is 0 Å².